The highest BCUT2D eigenvalue weighted by molar-refractivity contribution is 6.05. The molecule has 0 saturated carbocycles. The Hall–Kier alpha value is -4.91. The summed E-state index contributed by atoms with van der Waals surface area (Å²) in [5, 5.41) is 12.2. The van der Waals surface area contributed by atoms with E-state index >= 15 is 0 Å². The topological polar surface area (TPSA) is 145 Å². The predicted octanol–water partition coefficient (Wildman–Crippen LogP) is 5.29. The summed E-state index contributed by atoms with van der Waals surface area (Å²) in [4.78, 5) is 43.5. The van der Waals surface area contributed by atoms with E-state index in [0.717, 1.165) is 68.5 Å². The summed E-state index contributed by atoms with van der Waals surface area (Å²) in [6, 6.07) is 15.5. The molecule has 224 valence electrons. The number of hydrogen-bond acceptors (Lipinski definition) is 6. The normalized spacial score (nSPS) is 15.0. The van der Waals surface area contributed by atoms with Gasteiger partial charge in [-0.15, -0.1) is 13.2 Å². The van der Waals surface area contributed by atoms with Gasteiger partial charge >= 0.3 is 0 Å². The van der Waals surface area contributed by atoms with E-state index in [9.17, 15) is 14.4 Å². The summed E-state index contributed by atoms with van der Waals surface area (Å²) in [5.41, 5.74) is 8.05. The van der Waals surface area contributed by atoms with Crippen LogP contribution in [0, 0.1) is 18.3 Å². The van der Waals surface area contributed by atoms with Gasteiger partial charge in [0.15, 0.2) is 0 Å². The van der Waals surface area contributed by atoms with Gasteiger partial charge < -0.3 is 20.0 Å². The van der Waals surface area contributed by atoms with Crippen molar-refractivity contribution in [3.63, 3.8) is 0 Å². The lowest BCUT2D eigenvalue weighted by Crippen LogP contribution is -2.41. The number of nitriles is 1. The Morgan fingerprint density at radius 1 is 1.05 bits per heavy atom. The molecule has 0 atom stereocenters. The van der Waals surface area contributed by atoms with Crippen LogP contribution in [0.5, 0.6) is 0 Å². The highest BCUT2D eigenvalue weighted by Gasteiger charge is 2.23. The van der Waals surface area contributed by atoms with E-state index in [1.54, 1.807) is 41.3 Å². The van der Waals surface area contributed by atoms with Gasteiger partial charge in [-0.25, -0.2) is 4.99 Å². The Morgan fingerprint density at radius 2 is 1.74 bits per heavy atom. The summed E-state index contributed by atoms with van der Waals surface area (Å²) in [7, 11) is 0. The lowest BCUT2D eigenvalue weighted by molar-refractivity contribution is -0.139. The second kappa shape index (κ2) is 15.8. The first-order chi connectivity index (χ1) is 20.3. The van der Waals surface area contributed by atoms with Gasteiger partial charge in [-0.2, -0.15) is 5.26 Å². The van der Waals surface area contributed by atoms with Crippen LogP contribution < -0.4 is 11.1 Å². The van der Waals surface area contributed by atoms with E-state index < -0.39 is 0 Å². The molecule has 1 aromatic heterocycles. The van der Waals surface area contributed by atoms with Crippen LogP contribution in [0.4, 0.5) is 5.69 Å². The monoisotopic (exact) mass is 574 g/mol. The molecular formula is C32H42N6O4. The number of carbonyl (C=O) groups excluding carboxylic acids is 3. The largest absolute Gasteiger partial charge is 0.461 e. The first-order valence-electron chi connectivity index (χ1n) is 14.0. The summed E-state index contributed by atoms with van der Waals surface area (Å²) >= 11 is 0. The smallest absolute Gasteiger partial charge is 0.257 e. The van der Waals surface area contributed by atoms with Crippen molar-refractivity contribution >= 4 is 40.3 Å². The van der Waals surface area contributed by atoms with E-state index in [1.165, 1.54) is 0 Å². The molecule has 42 heavy (non-hydrogen) atoms. The number of nitrogens with one attached hydrogen (secondary N) is 1. The van der Waals surface area contributed by atoms with Gasteiger partial charge in [0.1, 0.15) is 11.3 Å². The second-order valence-corrected chi connectivity index (χ2v) is 9.93. The van der Waals surface area contributed by atoms with E-state index in [4.69, 9.17) is 15.4 Å². The number of hydrogen-bond donors (Lipinski definition) is 2. The van der Waals surface area contributed by atoms with Crippen molar-refractivity contribution in [1.82, 2.24) is 15.1 Å². The number of nitrogens with zero attached hydrogens (tertiary/aromatic N) is 4. The zero-order valence-electron chi connectivity index (χ0n) is 24.1. The Labute approximate surface area is 249 Å². The van der Waals surface area contributed by atoms with Crippen LogP contribution in [0.3, 0.4) is 0 Å². The average molecular weight is 575 g/mol. The summed E-state index contributed by atoms with van der Waals surface area (Å²) in [5.74, 6) is 0.705. The standard InChI is InChI=1S/C18H14N4O2.C12H20N2O2.C2H4.2H2/c1-11-8-14-9-15(6-7-16(14)24-11)21-18(20)22-17(23)13-4-2-12(10-19)3-5-13;15-11-6-2-1-3-9-14(11)10-12(16)13-7-4-5-8-13;1-2;;/h2-9H,1H3,(H3,20,21,22,23);1-10H2;1-2H2;2*1H. The van der Waals surface area contributed by atoms with Crippen molar-refractivity contribution in [1.29, 1.82) is 5.26 Å². The summed E-state index contributed by atoms with van der Waals surface area (Å²) in [6.07, 6.45) is 5.97. The SMILES string of the molecule is C=C.Cc1cc2cc(N=C(N)NC(=O)c3ccc(C#N)cc3)ccc2o1.O=C(CN1CCCCCC1=O)N1CCCC1.[HH].[HH]. The minimum absolute atomic E-state index is 0. The van der Waals surface area contributed by atoms with E-state index in [0.29, 0.717) is 29.8 Å². The molecule has 10 heteroatoms. The molecule has 2 aromatic carbocycles. The van der Waals surface area contributed by atoms with Crippen LogP contribution in [-0.2, 0) is 9.59 Å². The molecule has 3 aromatic rings. The van der Waals surface area contributed by atoms with Gasteiger partial charge in [-0.1, -0.05) is 6.42 Å². The molecule has 2 saturated heterocycles. The number of likely N-dealkylation sites (tertiary alicyclic amines) is 2. The Bertz CT molecular complexity index is 1460. The maximum absolute atomic E-state index is 12.1. The van der Waals surface area contributed by atoms with Gasteiger partial charge in [-0.05, 0) is 81.1 Å². The fraction of sp³-hybridized carbons (Fsp3) is 0.344. The number of aryl methyl sites for hydroxylation is 1. The van der Waals surface area contributed by atoms with Crippen LogP contribution in [0.2, 0.25) is 0 Å². The molecule has 0 unspecified atom stereocenters. The molecule has 0 bridgehead atoms. The van der Waals surface area contributed by atoms with Crippen LogP contribution in [0.1, 0.15) is 63.1 Å². The predicted molar refractivity (Wildman–Crippen MR) is 167 cm³/mol. The first-order valence-corrected chi connectivity index (χ1v) is 14.0. The third kappa shape index (κ3) is 9.06. The molecule has 5 rings (SSSR count). The average Bonchev–Trinajstić information content (AvgIpc) is 3.62. The summed E-state index contributed by atoms with van der Waals surface area (Å²) in [6.45, 7) is 10.7. The molecular weight excluding hydrogens is 532 g/mol. The molecule has 2 aliphatic rings. The fourth-order valence-corrected chi connectivity index (χ4v) is 4.72. The van der Waals surface area contributed by atoms with Crippen LogP contribution in [0.25, 0.3) is 11.0 Å². The lowest BCUT2D eigenvalue weighted by Gasteiger charge is -2.23. The molecule has 0 aliphatic carbocycles. The highest BCUT2D eigenvalue weighted by Crippen LogP contribution is 2.24. The number of amides is 3. The third-order valence-corrected chi connectivity index (χ3v) is 6.85. The number of rotatable bonds is 4. The first kappa shape index (κ1) is 31.6. The molecule has 10 nitrogen and oxygen atoms in total. The quantitative estimate of drug-likeness (QED) is 0.246. The zero-order valence-corrected chi connectivity index (χ0v) is 24.1. The molecule has 0 spiro atoms. The van der Waals surface area contributed by atoms with Crippen molar-refractivity contribution in [3.8, 4) is 6.07 Å². The van der Waals surface area contributed by atoms with Gasteiger partial charge in [0.2, 0.25) is 17.8 Å². The third-order valence-electron chi connectivity index (χ3n) is 6.85. The fourth-order valence-electron chi connectivity index (χ4n) is 4.72. The van der Waals surface area contributed by atoms with Crippen molar-refractivity contribution in [2.75, 3.05) is 26.2 Å². The maximum atomic E-state index is 12.1. The minimum atomic E-state index is -0.388. The summed E-state index contributed by atoms with van der Waals surface area (Å²) < 4.78 is 5.50. The molecule has 3 N–H and O–H groups in total. The molecule has 3 heterocycles. The van der Waals surface area contributed by atoms with Crippen molar-refractivity contribution in [3.05, 3.63) is 78.6 Å². The van der Waals surface area contributed by atoms with Crippen molar-refractivity contribution in [2.24, 2.45) is 10.7 Å². The molecule has 2 aliphatic heterocycles. The molecule has 3 amide bonds. The zero-order chi connectivity index (χ0) is 30.5. The Kier molecular flexibility index (Phi) is 11.9. The van der Waals surface area contributed by atoms with Crippen molar-refractivity contribution in [2.45, 2.75) is 45.4 Å². The van der Waals surface area contributed by atoms with E-state index in [2.05, 4.69) is 23.5 Å². The van der Waals surface area contributed by atoms with Gasteiger partial charge in [-0.3, -0.25) is 19.7 Å². The molecule has 2 fully saturated rings. The Morgan fingerprint density at radius 3 is 2.43 bits per heavy atom. The lowest BCUT2D eigenvalue weighted by atomic mass is 10.1. The number of benzene rings is 2. The van der Waals surface area contributed by atoms with Gasteiger partial charge in [0.05, 0.1) is 23.9 Å². The van der Waals surface area contributed by atoms with E-state index in [-0.39, 0.29) is 26.5 Å². The highest BCUT2D eigenvalue weighted by atomic mass is 16.3. The van der Waals surface area contributed by atoms with Crippen LogP contribution in [0.15, 0.2) is 71.1 Å². The Balaban J connectivity index is 0.000000425. The number of furan rings is 1. The maximum Gasteiger partial charge on any atom is 0.257 e. The number of carbonyl (C=O) groups is 3. The van der Waals surface area contributed by atoms with Gasteiger partial charge in [0, 0.05) is 39.9 Å². The van der Waals surface area contributed by atoms with Gasteiger partial charge in [0.25, 0.3) is 5.91 Å². The van der Waals surface area contributed by atoms with Crippen molar-refractivity contribution < 1.29 is 21.7 Å². The molecule has 0 radical (unpaired) electrons. The van der Waals surface area contributed by atoms with Crippen LogP contribution >= 0.6 is 0 Å². The number of aliphatic imine (C=N–C) groups is 1. The second-order valence-electron chi connectivity index (χ2n) is 9.93. The number of guanidine groups is 1. The number of nitrogens with two attached hydrogens (primary N) is 1. The van der Waals surface area contributed by atoms with E-state index in [1.807, 2.05) is 30.0 Å². The van der Waals surface area contributed by atoms with Crippen LogP contribution in [-0.4, -0.2) is 59.7 Å². The number of fused-ring (bicyclic) bond motifs is 1. The minimum Gasteiger partial charge on any atom is -0.461 e.